The molecule has 1 aromatic carbocycles. The van der Waals surface area contributed by atoms with Gasteiger partial charge in [-0.1, -0.05) is 23.7 Å². The van der Waals surface area contributed by atoms with Crippen LogP contribution < -0.4 is 0 Å². The van der Waals surface area contributed by atoms with E-state index in [2.05, 4.69) is 15.9 Å². The van der Waals surface area contributed by atoms with Gasteiger partial charge in [0.25, 0.3) is 0 Å². The number of hydrogen-bond acceptors (Lipinski definition) is 3. The van der Waals surface area contributed by atoms with E-state index in [0.717, 1.165) is 9.17 Å². The Hall–Kier alpha value is -1.10. The van der Waals surface area contributed by atoms with E-state index in [4.69, 9.17) is 16.0 Å². The molecule has 3 aromatic rings. The van der Waals surface area contributed by atoms with Crippen molar-refractivity contribution in [3.8, 4) is 0 Å². The molecule has 0 unspecified atom stereocenters. The van der Waals surface area contributed by atoms with Crippen LogP contribution in [-0.2, 0) is 0 Å². The predicted octanol–water partition coefficient (Wildman–Crippen LogP) is 5.14. The fourth-order valence-corrected chi connectivity index (χ4v) is 3.25. The van der Waals surface area contributed by atoms with E-state index < -0.39 is 0 Å². The predicted molar refractivity (Wildman–Crippen MR) is 76.7 cm³/mol. The molecular weight excluding hydrogens is 336 g/mol. The Morgan fingerprint density at radius 2 is 2.11 bits per heavy atom. The van der Waals surface area contributed by atoms with Gasteiger partial charge >= 0.3 is 0 Å². The number of ketones is 1. The van der Waals surface area contributed by atoms with Gasteiger partial charge in [-0.2, -0.15) is 0 Å². The van der Waals surface area contributed by atoms with Crippen molar-refractivity contribution in [2.24, 2.45) is 0 Å². The van der Waals surface area contributed by atoms with Crippen molar-refractivity contribution in [3.05, 3.63) is 55.8 Å². The van der Waals surface area contributed by atoms with Crippen LogP contribution in [0.25, 0.3) is 11.0 Å². The number of thiophene rings is 1. The Morgan fingerprint density at radius 1 is 1.28 bits per heavy atom. The average Bonchev–Trinajstić information content (AvgIpc) is 2.95. The fraction of sp³-hybridized carbons (Fsp3) is 0. The molecule has 0 aliphatic rings. The average molecular weight is 342 g/mol. The van der Waals surface area contributed by atoms with Gasteiger partial charge in [-0.3, -0.25) is 4.79 Å². The molecule has 90 valence electrons. The highest BCUT2D eigenvalue weighted by atomic mass is 79.9. The lowest BCUT2D eigenvalue weighted by atomic mass is 10.2. The van der Waals surface area contributed by atoms with Crippen LogP contribution in [0.3, 0.4) is 0 Å². The van der Waals surface area contributed by atoms with E-state index in [1.54, 1.807) is 18.2 Å². The summed E-state index contributed by atoms with van der Waals surface area (Å²) >= 11 is 10.7. The lowest BCUT2D eigenvalue weighted by Crippen LogP contribution is -1.95. The molecule has 0 N–H and O–H groups in total. The van der Waals surface area contributed by atoms with Crippen LogP contribution in [0.4, 0.5) is 0 Å². The van der Waals surface area contributed by atoms with Crippen LogP contribution in [0.15, 0.2) is 44.6 Å². The summed E-state index contributed by atoms with van der Waals surface area (Å²) in [5.74, 6) is 0.186. The lowest BCUT2D eigenvalue weighted by Gasteiger charge is -1.92. The number of para-hydroxylation sites is 1. The molecule has 0 fully saturated rings. The molecule has 0 atom stereocenters. The molecule has 0 aliphatic carbocycles. The third-order valence-corrected chi connectivity index (χ3v) is 4.44. The van der Waals surface area contributed by atoms with Gasteiger partial charge in [0.1, 0.15) is 0 Å². The molecule has 0 saturated carbocycles. The topological polar surface area (TPSA) is 30.2 Å². The number of halogens is 2. The first-order valence-corrected chi connectivity index (χ1v) is 7.12. The number of furan rings is 1. The van der Waals surface area contributed by atoms with Gasteiger partial charge in [0.15, 0.2) is 11.3 Å². The molecule has 2 heterocycles. The summed E-state index contributed by atoms with van der Waals surface area (Å²) < 4.78 is 6.45. The van der Waals surface area contributed by atoms with E-state index in [9.17, 15) is 4.79 Å². The smallest absolute Gasteiger partial charge is 0.238 e. The van der Waals surface area contributed by atoms with Crippen molar-refractivity contribution in [3.63, 3.8) is 0 Å². The quantitative estimate of drug-likeness (QED) is 0.604. The second-order valence-electron chi connectivity index (χ2n) is 3.70. The van der Waals surface area contributed by atoms with E-state index >= 15 is 0 Å². The monoisotopic (exact) mass is 340 g/mol. The van der Waals surface area contributed by atoms with Gasteiger partial charge in [-0.05, 0) is 40.2 Å². The van der Waals surface area contributed by atoms with Gasteiger partial charge in [0.05, 0.1) is 13.7 Å². The first-order chi connectivity index (χ1) is 8.65. The number of hydrogen-bond donors (Lipinski definition) is 0. The van der Waals surface area contributed by atoms with E-state index in [1.807, 2.05) is 18.2 Å². The molecule has 5 heteroatoms. The van der Waals surface area contributed by atoms with E-state index in [-0.39, 0.29) is 5.78 Å². The first-order valence-electron chi connectivity index (χ1n) is 5.13. The molecule has 0 aliphatic heterocycles. The number of carbonyl (C=O) groups excluding carboxylic acids is 1. The Kier molecular flexibility index (Phi) is 3.01. The normalized spacial score (nSPS) is 11.0. The summed E-state index contributed by atoms with van der Waals surface area (Å²) in [6.07, 6.45) is 0. The molecule has 0 bridgehead atoms. The molecule has 2 aromatic heterocycles. The SMILES string of the molecule is O=C(c1cc2cccc(Cl)c2o1)c1ccc(Br)s1. The standard InChI is InChI=1S/C13H6BrClO2S/c14-11-5-4-10(18-11)12(16)9-6-7-2-1-3-8(15)13(7)17-9/h1-6H. The van der Waals surface area contributed by atoms with Gasteiger partial charge in [-0.25, -0.2) is 0 Å². The minimum Gasteiger partial charge on any atom is -0.451 e. The molecule has 0 radical (unpaired) electrons. The summed E-state index contributed by atoms with van der Waals surface area (Å²) in [5.41, 5.74) is 0.554. The minimum atomic E-state index is -0.127. The number of carbonyl (C=O) groups is 1. The van der Waals surface area contributed by atoms with Crippen molar-refractivity contribution in [1.29, 1.82) is 0 Å². The van der Waals surface area contributed by atoms with E-state index in [1.165, 1.54) is 11.3 Å². The highest BCUT2D eigenvalue weighted by molar-refractivity contribution is 9.11. The number of rotatable bonds is 2. The molecule has 0 saturated heterocycles. The fourth-order valence-electron chi connectivity index (χ4n) is 1.70. The molecule has 3 rings (SSSR count). The highest BCUT2D eigenvalue weighted by Crippen LogP contribution is 2.30. The Morgan fingerprint density at radius 3 is 2.78 bits per heavy atom. The number of fused-ring (bicyclic) bond motifs is 1. The maximum absolute atomic E-state index is 12.2. The van der Waals surface area contributed by atoms with Crippen molar-refractivity contribution < 1.29 is 9.21 Å². The van der Waals surface area contributed by atoms with Crippen LogP contribution in [-0.4, -0.2) is 5.78 Å². The summed E-state index contributed by atoms with van der Waals surface area (Å²) in [7, 11) is 0. The van der Waals surface area contributed by atoms with Crippen molar-refractivity contribution in [1.82, 2.24) is 0 Å². The highest BCUT2D eigenvalue weighted by Gasteiger charge is 2.17. The summed E-state index contributed by atoms with van der Waals surface area (Å²) in [6.45, 7) is 0. The van der Waals surface area contributed by atoms with Crippen LogP contribution >= 0.6 is 38.9 Å². The number of benzene rings is 1. The van der Waals surface area contributed by atoms with Crippen LogP contribution in [0.5, 0.6) is 0 Å². The van der Waals surface area contributed by atoms with Crippen molar-refractivity contribution >= 4 is 55.6 Å². The molecular formula is C13H6BrClO2S. The zero-order chi connectivity index (χ0) is 12.7. The third-order valence-electron chi connectivity index (χ3n) is 2.52. The van der Waals surface area contributed by atoms with Crippen LogP contribution in [0, 0.1) is 0 Å². The molecule has 0 spiro atoms. The van der Waals surface area contributed by atoms with Crippen LogP contribution in [0.2, 0.25) is 5.02 Å². The maximum Gasteiger partial charge on any atom is 0.238 e. The van der Waals surface area contributed by atoms with Gasteiger partial charge in [-0.15, -0.1) is 11.3 Å². The van der Waals surface area contributed by atoms with Crippen LogP contribution in [0.1, 0.15) is 15.4 Å². The Labute approximate surface area is 120 Å². The van der Waals surface area contributed by atoms with Gasteiger partial charge in [0.2, 0.25) is 5.78 Å². The molecule has 18 heavy (non-hydrogen) atoms. The second-order valence-corrected chi connectivity index (χ2v) is 6.57. The Bertz CT molecular complexity index is 744. The summed E-state index contributed by atoms with van der Waals surface area (Å²) in [4.78, 5) is 12.8. The zero-order valence-electron chi connectivity index (χ0n) is 8.94. The largest absolute Gasteiger partial charge is 0.451 e. The molecule has 0 amide bonds. The van der Waals surface area contributed by atoms with E-state index in [0.29, 0.717) is 21.2 Å². The Balaban J connectivity index is 2.10. The lowest BCUT2D eigenvalue weighted by molar-refractivity contribution is 0.101. The second kappa shape index (κ2) is 4.53. The molecule has 2 nitrogen and oxygen atoms in total. The summed E-state index contributed by atoms with van der Waals surface area (Å²) in [6, 6.07) is 10.8. The first kappa shape index (κ1) is 12.0. The van der Waals surface area contributed by atoms with Gasteiger partial charge in [0, 0.05) is 5.39 Å². The van der Waals surface area contributed by atoms with Gasteiger partial charge < -0.3 is 4.42 Å². The minimum absolute atomic E-state index is 0.127. The zero-order valence-corrected chi connectivity index (χ0v) is 12.1. The van der Waals surface area contributed by atoms with Crippen molar-refractivity contribution in [2.45, 2.75) is 0 Å². The third kappa shape index (κ3) is 2.00. The summed E-state index contributed by atoms with van der Waals surface area (Å²) in [5, 5.41) is 1.35. The maximum atomic E-state index is 12.2. The van der Waals surface area contributed by atoms with Crippen molar-refractivity contribution in [2.75, 3.05) is 0 Å².